The first-order chi connectivity index (χ1) is 12.7. The number of halogens is 3. The maximum Gasteiger partial charge on any atom is 0.490 e. The van der Waals surface area contributed by atoms with Crippen LogP contribution < -0.4 is 5.73 Å². The number of alkyl halides is 3. The van der Waals surface area contributed by atoms with Gasteiger partial charge in [-0.1, -0.05) is 6.42 Å². The number of nitrogens with two attached hydrogens (primary N) is 1. The van der Waals surface area contributed by atoms with Crippen LogP contribution >= 0.6 is 11.8 Å². The molecule has 0 bridgehead atoms. The van der Waals surface area contributed by atoms with E-state index in [0.717, 1.165) is 0 Å². The van der Waals surface area contributed by atoms with Crippen LogP contribution in [0, 0.1) is 0 Å². The van der Waals surface area contributed by atoms with Gasteiger partial charge < -0.3 is 41.1 Å². The van der Waals surface area contributed by atoms with Gasteiger partial charge in [0.05, 0.1) is 12.4 Å². The summed E-state index contributed by atoms with van der Waals surface area (Å²) in [5, 5.41) is 54.4. The first-order valence-corrected chi connectivity index (χ1v) is 9.14. The Kier molecular flexibility index (Phi) is 11.3. The molecule has 0 amide bonds. The Labute approximate surface area is 162 Å². The minimum atomic E-state index is -5.08. The number of hydrogen-bond donors (Lipinski definition) is 7. The van der Waals surface area contributed by atoms with Gasteiger partial charge in [-0.25, -0.2) is 4.79 Å². The summed E-state index contributed by atoms with van der Waals surface area (Å²) in [5.41, 5.74) is 5.36. The first-order valence-electron chi connectivity index (χ1n) is 7.99. The third-order valence-electron chi connectivity index (χ3n) is 3.61. The normalized spacial score (nSPS) is 28.8. The molecule has 1 saturated heterocycles. The van der Waals surface area contributed by atoms with Crippen molar-refractivity contribution in [3.8, 4) is 0 Å². The number of ether oxygens (including phenoxy) is 1. The Balaban J connectivity index is 0.000000887. The number of rotatable bonds is 8. The Hall–Kier alpha value is -1.16. The van der Waals surface area contributed by atoms with Crippen LogP contribution in [-0.4, -0.2) is 97.0 Å². The number of hydrogen-bond acceptors (Lipinski definition) is 9. The number of aliphatic carboxylic acids is 2. The molecule has 0 unspecified atom stereocenters. The van der Waals surface area contributed by atoms with Crippen molar-refractivity contribution in [2.75, 3.05) is 18.1 Å². The fraction of sp³-hybridized carbons (Fsp3) is 0.857. The number of thioether (sulfide) groups is 1. The topological polar surface area (TPSA) is 191 Å². The molecule has 1 fully saturated rings. The lowest BCUT2D eigenvalue weighted by Crippen LogP contribution is -2.62. The fourth-order valence-electron chi connectivity index (χ4n) is 1.93. The standard InChI is InChI=1S/C12H23NO7S.C2HF3O2/c13-7(11(17)18)3-1-2-4-21-6-12(19)10(16)9(15)8(14)5-20-12;3-2(4,5)1(6)7/h7-10,14-16,19H,1-6,13H2,(H,17,18);(H,6,7)/t7-,8+,9+,10-,12+;/m0./s1. The summed E-state index contributed by atoms with van der Waals surface area (Å²) in [4.78, 5) is 19.4. The third kappa shape index (κ3) is 9.36. The third-order valence-corrected chi connectivity index (χ3v) is 4.80. The smallest absolute Gasteiger partial charge is 0.480 e. The number of carboxylic acids is 2. The summed E-state index contributed by atoms with van der Waals surface area (Å²) < 4.78 is 36.7. The summed E-state index contributed by atoms with van der Waals surface area (Å²) in [6, 6.07) is -0.862. The maximum atomic E-state index is 10.6. The predicted octanol–water partition coefficient (Wildman–Crippen LogP) is -1.26. The maximum absolute atomic E-state index is 10.6. The largest absolute Gasteiger partial charge is 0.490 e. The summed E-state index contributed by atoms with van der Waals surface area (Å²) in [6.45, 7) is -0.247. The van der Waals surface area contributed by atoms with E-state index in [2.05, 4.69) is 0 Å². The van der Waals surface area contributed by atoms with Crippen molar-refractivity contribution in [2.45, 2.75) is 55.6 Å². The van der Waals surface area contributed by atoms with Gasteiger partial charge in [0, 0.05) is 0 Å². The number of aliphatic hydroxyl groups is 4. The first kappa shape index (κ1) is 26.8. The number of unbranched alkanes of at least 4 members (excludes halogenated alkanes) is 1. The van der Waals surface area contributed by atoms with E-state index in [0.29, 0.717) is 25.0 Å². The lowest BCUT2D eigenvalue weighted by Gasteiger charge is -2.41. The molecule has 0 aromatic carbocycles. The molecule has 1 aliphatic rings. The molecule has 28 heavy (non-hydrogen) atoms. The lowest BCUT2D eigenvalue weighted by atomic mass is 9.98. The summed E-state index contributed by atoms with van der Waals surface area (Å²) in [7, 11) is 0. The Morgan fingerprint density at radius 2 is 1.75 bits per heavy atom. The van der Waals surface area contributed by atoms with Crippen LogP contribution in [0.2, 0.25) is 0 Å². The highest BCUT2D eigenvalue weighted by Gasteiger charge is 2.48. The van der Waals surface area contributed by atoms with E-state index >= 15 is 0 Å². The Morgan fingerprint density at radius 1 is 1.21 bits per heavy atom. The quantitative estimate of drug-likeness (QED) is 0.223. The van der Waals surface area contributed by atoms with Crippen LogP contribution in [0.4, 0.5) is 13.2 Å². The van der Waals surface area contributed by atoms with Crippen LogP contribution in [0.25, 0.3) is 0 Å². The van der Waals surface area contributed by atoms with E-state index in [1.165, 1.54) is 11.8 Å². The zero-order chi connectivity index (χ0) is 22.1. The molecule has 0 aromatic rings. The van der Waals surface area contributed by atoms with Crippen molar-refractivity contribution in [2.24, 2.45) is 5.73 Å². The van der Waals surface area contributed by atoms with Gasteiger partial charge in [-0.05, 0) is 18.6 Å². The van der Waals surface area contributed by atoms with E-state index in [9.17, 15) is 38.4 Å². The Morgan fingerprint density at radius 3 is 2.21 bits per heavy atom. The number of carbonyl (C=O) groups is 2. The number of aliphatic hydroxyl groups excluding tert-OH is 3. The minimum absolute atomic E-state index is 0.0446. The second-order valence-electron chi connectivity index (χ2n) is 5.95. The van der Waals surface area contributed by atoms with Gasteiger partial charge >= 0.3 is 18.1 Å². The summed E-state index contributed by atoms with van der Waals surface area (Å²) >= 11 is 1.31. The predicted molar refractivity (Wildman–Crippen MR) is 89.4 cm³/mol. The van der Waals surface area contributed by atoms with E-state index in [1.807, 2.05) is 0 Å². The molecule has 0 aromatic heterocycles. The van der Waals surface area contributed by atoms with Crippen molar-refractivity contribution in [3.05, 3.63) is 0 Å². The van der Waals surface area contributed by atoms with E-state index < -0.39 is 48.3 Å². The zero-order valence-corrected chi connectivity index (χ0v) is 15.4. The average Bonchev–Trinajstić information content (AvgIpc) is 2.59. The minimum Gasteiger partial charge on any atom is -0.480 e. The van der Waals surface area contributed by atoms with Crippen LogP contribution in [0.5, 0.6) is 0 Å². The van der Waals surface area contributed by atoms with Gasteiger partial charge in [0.15, 0.2) is 0 Å². The van der Waals surface area contributed by atoms with E-state index in [4.69, 9.17) is 25.5 Å². The highest BCUT2D eigenvalue weighted by atomic mass is 32.2. The van der Waals surface area contributed by atoms with Crippen molar-refractivity contribution >= 4 is 23.7 Å². The van der Waals surface area contributed by atoms with E-state index in [1.54, 1.807) is 0 Å². The molecular formula is C14H24F3NO9S. The molecule has 10 nitrogen and oxygen atoms in total. The van der Waals surface area contributed by atoms with Crippen LogP contribution in [0.3, 0.4) is 0 Å². The second-order valence-corrected chi connectivity index (χ2v) is 7.06. The molecule has 1 rings (SSSR count). The molecule has 0 radical (unpaired) electrons. The average molecular weight is 439 g/mol. The van der Waals surface area contributed by atoms with Gasteiger partial charge in [0.2, 0.25) is 5.79 Å². The van der Waals surface area contributed by atoms with Crippen LogP contribution in [0.15, 0.2) is 0 Å². The van der Waals surface area contributed by atoms with Crippen molar-refractivity contribution in [1.29, 1.82) is 0 Å². The fourth-order valence-corrected chi connectivity index (χ4v) is 3.03. The van der Waals surface area contributed by atoms with Gasteiger partial charge in [-0.2, -0.15) is 24.9 Å². The lowest BCUT2D eigenvalue weighted by molar-refractivity contribution is -0.309. The van der Waals surface area contributed by atoms with Crippen molar-refractivity contribution in [3.63, 3.8) is 0 Å². The molecule has 8 N–H and O–H groups in total. The molecular weight excluding hydrogens is 415 g/mol. The van der Waals surface area contributed by atoms with Gasteiger partial charge in [-0.15, -0.1) is 0 Å². The highest BCUT2D eigenvalue weighted by Crippen LogP contribution is 2.27. The molecule has 1 aliphatic heterocycles. The van der Waals surface area contributed by atoms with Crippen LogP contribution in [0.1, 0.15) is 19.3 Å². The van der Waals surface area contributed by atoms with Crippen LogP contribution in [-0.2, 0) is 14.3 Å². The second kappa shape index (κ2) is 11.7. The van der Waals surface area contributed by atoms with Crippen molar-refractivity contribution in [1.82, 2.24) is 0 Å². The molecule has 0 saturated carbocycles. The SMILES string of the molecule is N[C@@H](CCCCSC[C@@]1(O)OC[C@@H](O)[C@@H](O)[C@@H]1O)C(=O)O.O=C(O)C(F)(F)F. The zero-order valence-electron chi connectivity index (χ0n) is 14.6. The molecule has 14 heteroatoms. The summed E-state index contributed by atoms with van der Waals surface area (Å²) in [6.07, 6.45) is -7.59. The molecule has 1 heterocycles. The molecule has 5 atom stereocenters. The summed E-state index contributed by atoms with van der Waals surface area (Å²) in [5.74, 6) is -5.00. The highest BCUT2D eigenvalue weighted by molar-refractivity contribution is 7.99. The van der Waals surface area contributed by atoms with Crippen molar-refractivity contribution < 1.29 is 58.1 Å². The Bertz CT molecular complexity index is 511. The molecule has 0 spiro atoms. The van der Waals surface area contributed by atoms with Gasteiger partial charge in [0.1, 0.15) is 24.4 Å². The molecule has 0 aliphatic carbocycles. The van der Waals surface area contributed by atoms with Gasteiger partial charge in [-0.3, -0.25) is 4.79 Å². The monoisotopic (exact) mass is 439 g/mol. The van der Waals surface area contributed by atoms with E-state index in [-0.39, 0.29) is 12.4 Å². The molecule has 166 valence electrons. The van der Waals surface area contributed by atoms with Gasteiger partial charge in [0.25, 0.3) is 0 Å². The number of carboxylic acid groups (broad SMARTS) is 2.